The number of amides is 1. The molecule has 7 heteroatoms. The van der Waals surface area contributed by atoms with Gasteiger partial charge in [-0.2, -0.15) is 0 Å². The summed E-state index contributed by atoms with van der Waals surface area (Å²) in [5.41, 5.74) is 1.44. The number of benzene rings is 2. The normalized spacial score (nSPS) is 14.5. The van der Waals surface area contributed by atoms with Gasteiger partial charge in [-0.05, 0) is 50.0 Å². The van der Waals surface area contributed by atoms with E-state index in [1.807, 2.05) is 53.4 Å². The smallest absolute Gasteiger partial charge is 0.262 e. The number of hydrogen-bond acceptors (Lipinski definition) is 4. The Morgan fingerprint density at radius 3 is 2.39 bits per heavy atom. The quantitative estimate of drug-likeness (QED) is 0.297. The first-order valence-electron chi connectivity index (χ1n) is 11.6. The van der Waals surface area contributed by atoms with E-state index in [0.717, 1.165) is 43.2 Å². The molecule has 1 aliphatic rings. The highest BCUT2D eigenvalue weighted by molar-refractivity contribution is 7.71. The number of carbonyl (C=O) groups is 2. The number of fused-ring (bicyclic) bond motifs is 1. The molecule has 0 unspecified atom stereocenters. The number of hydrogen-bond donors (Lipinski definition) is 1. The molecule has 0 bridgehead atoms. The molecule has 1 aliphatic heterocycles. The lowest BCUT2D eigenvalue weighted by molar-refractivity contribution is -0.132. The van der Waals surface area contributed by atoms with E-state index in [1.54, 1.807) is 10.6 Å². The summed E-state index contributed by atoms with van der Waals surface area (Å²) in [7, 11) is 0. The van der Waals surface area contributed by atoms with Crippen molar-refractivity contribution in [3.63, 3.8) is 0 Å². The molecule has 1 aromatic heterocycles. The Hall–Kier alpha value is -3.06. The van der Waals surface area contributed by atoms with E-state index >= 15 is 0 Å². The van der Waals surface area contributed by atoms with Crippen molar-refractivity contribution in [2.75, 3.05) is 13.1 Å². The molecule has 3 aromatic rings. The number of aromatic amines is 1. The van der Waals surface area contributed by atoms with E-state index in [-0.39, 0.29) is 23.2 Å². The number of Topliss-reactive ketones (excluding diaryl/α,β-unsaturated/α-hetero) is 1. The summed E-state index contributed by atoms with van der Waals surface area (Å²) in [6, 6.07) is 16.8. The summed E-state index contributed by atoms with van der Waals surface area (Å²) in [4.78, 5) is 42.9. The molecule has 0 saturated carbocycles. The van der Waals surface area contributed by atoms with Crippen LogP contribution in [0.5, 0.6) is 0 Å². The fourth-order valence-corrected chi connectivity index (χ4v) is 4.80. The summed E-state index contributed by atoms with van der Waals surface area (Å²) < 4.78 is 2.04. The number of ketones is 1. The summed E-state index contributed by atoms with van der Waals surface area (Å²) in [6.45, 7) is 1.83. The highest BCUT2D eigenvalue weighted by Gasteiger charge is 2.27. The lowest BCUT2D eigenvalue weighted by atomic mass is 9.89. The van der Waals surface area contributed by atoms with Crippen molar-refractivity contribution < 1.29 is 9.59 Å². The monoisotopic (exact) mass is 463 g/mol. The number of aromatic nitrogens is 2. The topological polar surface area (TPSA) is 75.2 Å². The Labute approximate surface area is 198 Å². The average molecular weight is 464 g/mol. The average Bonchev–Trinajstić information content (AvgIpc) is 2.85. The fourth-order valence-electron chi connectivity index (χ4n) is 4.51. The minimum atomic E-state index is -0.0710. The Morgan fingerprint density at radius 2 is 1.64 bits per heavy atom. The van der Waals surface area contributed by atoms with Gasteiger partial charge in [0.25, 0.3) is 5.56 Å². The predicted molar refractivity (Wildman–Crippen MR) is 132 cm³/mol. The molecule has 2 aromatic carbocycles. The van der Waals surface area contributed by atoms with Crippen molar-refractivity contribution in [1.29, 1.82) is 0 Å². The van der Waals surface area contributed by atoms with Gasteiger partial charge in [0.05, 0.1) is 10.9 Å². The molecular formula is C26H29N3O3S. The van der Waals surface area contributed by atoms with Crippen LogP contribution in [0, 0.1) is 10.7 Å². The molecule has 1 N–H and O–H groups in total. The summed E-state index contributed by atoms with van der Waals surface area (Å²) >= 11 is 5.35. The fraction of sp³-hybridized carbons (Fsp3) is 0.385. The Bertz CT molecular complexity index is 1240. The lowest BCUT2D eigenvalue weighted by Crippen LogP contribution is -2.40. The van der Waals surface area contributed by atoms with Gasteiger partial charge in [0.15, 0.2) is 10.6 Å². The minimum Gasteiger partial charge on any atom is -0.343 e. The van der Waals surface area contributed by atoms with Crippen LogP contribution in [0.25, 0.3) is 10.9 Å². The zero-order valence-corrected chi connectivity index (χ0v) is 19.5. The number of nitrogens with one attached hydrogen (secondary N) is 1. The third-order valence-corrected chi connectivity index (χ3v) is 6.76. The van der Waals surface area contributed by atoms with E-state index < -0.39 is 0 Å². The van der Waals surface area contributed by atoms with Gasteiger partial charge in [-0.25, -0.2) is 0 Å². The van der Waals surface area contributed by atoms with Gasteiger partial charge in [0.1, 0.15) is 0 Å². The second kappa shape index (κ2) is 10.7. The molecule has 1 amide bonds. The van der Waals surface area contributed by atoms with Crippen LogP contribution in [-0.4, -0.2) is 39.2 Å². The van der Waals surface area contributed by atoms with Gasteiger partial charge < -0.3 is 9.88 Å². The van der Waals surface area contributed by atoms with E-state index in [0.29, 0.717) is 36.2 Å². The second-order valence-corrected chi connectivity index (χ2v) is 9.02. The third kappa shape index (κ3) is 5.47. The molecule has 1 saturated heterocycles. The molecule has 0 aliphatic carbocycles. The van der Waals surface area contributed by atoms with Gasteiger partial charge in [-0.1, -0.05) is 48.9 Å². The molecule has 4 rings (SSSR count). The van der Waals surface area contributed by atoms with Gasteiger partial charge in [0.2, 0.25) is 5.91 Å². The molecule has 0 atom stereocenters. The van der Waals surface area contributed by atoms with Crippen LogP contribution < -0.4 is 5.56 Å². The van der Waals surface area contributed by atoms with Crippen molar-refractivity contribution >= 4 is 34.8 Å². The van der Waals surface area contributed by atoms with Crippen LogP contribution in [0.1, 0.15) is 48.9 Å². The van der Waals surface area contributed by atoms with Crippen LogP contribution in [0.3, 0.4) is 0 Å². The van der Waals surface area contributed by atoms with Gasteiger partial charge in [-0.3, -0.25) is 19.0 Å². The van der Waals surface area contributed by atoms with E-state index in [1.165, 1.54) is 0 Å². The van der Waals surface area contributed by atoms with Crippen LogP contribution in [0.15, 0.2) is 59.4 Å². The maximum atomic E-state index is 12.7. The number of unbranched alkanes of at least 4 members (excludes halogenated alkanes) is 2. The van der Waals surface area contributed by atoms with Crippen molar-refractivity contribution in [1.82, 2.24) is 14.5 Å². The van der Waals surface area contributed by atoms with E-state index in [4.69, 9.17) is 12.2 Å². The Balaban J connectivity index is 1.20. The van der Waals surface area contributed by atoms with Crippen molar-refractivity contribution in [3.8, 4) is 0 Å². The molecular weight excluding hydrogens is 434 g/mol. The van der Waals surface area contributed by atoms with E-state index in [9.17, 15) is 14.4 Å². The van der Waals surface area contributed by atoms with Crippen molar-refractivity contribution in [2.24, 2.45) is 5.92 Å². The highest BCUT2D eigenvalue weighted by atomic mass is 32.1. The number of H-pyrrole nitrogens is 1. The first-order chi connectivity index (χ1) is 16.0. The second-order valence-electron chi connectivity index (χ2n) is 8.63. The summed E-state index contributed by atoms with van der Waals surface area (Å²) in [6.07, 6.45) is 4.36. The largest absolute Gasteiger partial charge is 0.343 e. The first-order valence-corrected chi connectivity index (χ1v) is 12.0. The number of nitrogens with zero attached hydrogens (tertiary/aromatic N) is 2. The van der Waals surface area contributed by atoms with Crippen LogP contribution in [0.4, 0.5) is 0 Å². The maximum Gasteiger partial charge on any atom is 0.262 e. The predicted octanol–water partition coefficient (Wildman–Crippen LogP) is 4.74. The molecule has 2 heterocycles. The molecule has 6 nitrogen and oxygen atoms in total. The van der Waals surface area contributed by atoms with Crippen LogP contribution >= 0.6 is 12.2 Å². The highest BCUT2D eigenvalue weighted by Crippen LogP contribution is 2.22. The molecule has 0 radical (unpaired) electrons. The van der Waals surface area contributed by atoms with Gasteiger partial charge in [-0.15, -0.1) is 0 Å². The van der Waals surface area contributed by atoms with Crippen molar-refractivity contribution in [2.45, 2.75) is 45.1 Å². The zero-order chi connectivity index (χ0) is 23.2. The number of para-hydroxylation sites is 1. The molecule has 33 heavy (non-hydrogen) atoms. The molecule has 172 valence electrons. The third-order valence-electron chi connectivity index (χ3n) is 6.44. The van der Waals surface area contributed by atoms with Gasteiger partial charge in [0, 0.05) is 37.5 Å². The number of likely N-dealkylation sites (tertiary alicyclic amines) is 1. The molecule has 1 fully saturated rings. The zero-order valence-electron chi connectivity index (χ0n) is 18.7. The first kappa shape index (κ1) is 23.1. The summed E-state index contributed by atoms with van der Waals surface area (Å²) in [5.74, 6) is 0.340. The standard InChI is InChI=1S/C26H29N3O3S/c30-23(28-17-14-20(15-18-28)24(31)19-9-3-1-4-10-19)13-5-2-8-16-29-25(32)21-11-6-7-12-22(21)27-26(29)33/h1,3-4,6-7,9-12,20H,2,5,8,13-18H2,(H,27,33). The molecule has 0 spiro atoms. The number of carbonyl (C=O) groups excluding carboxylic acids is 2. The van der Waals surface area contributed by atoms with Crippen LogP contribution in [-0.2, 0) is 11.3 Å². The maximum absolute atomic E-state index is 12.7. The number of rotatable bonds is 8. The lowest BCUT2D eigenvalue weighted by Gasteiger charge is -2.31. The number of piperidine rings is 1. The SMILES string of the molecule is O=C(c1ccccc1)C1CCN(C(=O)CCCCCn2c(=S)[nH]c3ccccc3c2=O)CC1. The Morgan fingerprint density at radius 1 is 0.939 bits per heavy atom. The Kier molecular flexibility index (Phi) is 7.50. The summed E-state index contributed by atoms with van der Waals surface area (Å²) in [5, 5.41) is 0.635. The van der Waals surface area contributed by atoms with E-state index in [2.05, 4.69) is 4.98 Å². The van der Waals surface area contributed by atoms with Crippen LogP contribution in [0.2, 0.25) is 0 Å². The minimum absolute atomic E-state index is 0.00103. The van der Waals surface area contributed by atoms with Crippen molar-refractivity contribution in [3.05, 3.63) is 75.3 Å². The van der Waals surface area contributed by atoms with Gasteiger partial charge >= 0.3 is 0 Å².